The number of carbonyl (C=O) groups is 1. The third-order valence-corrected chi connectivity index (χ3v) is 3.17. The van der Waals surface area contributed by atoms with Gasteiger partial charge in [-0.2, -0.15) is 0 Å². The Balaban J connectivity index is 2.08. The van der Waals surface area contributed by atoms with Gasteiger partial charge in [-0.05, 0) is 25.5 Å². The van der Waals surface area contributed by atoms with Gasteiger partial charge in [0.2, 0.25) is 0 Å². The fraction of sp³-hybridized carbons (Fsp3) is 0.462. The van der Waals surface area contributed by atoms with Gasteiger partial charge in [0.15, 0.2) is 0 Å². The number of benzene rings is 1. The van der Waals surface area contributed by atoms with E-state index < -0.39 is 0 Å². The molecule has 1 saturated heterocycles. The number of esters is 1. The van der Waals surface area contributed by atoms with Crippen LogP contribution < -0.4 is 0 Å². The van der Waals surface area contributed by atoms with Gasteiger partial charge in [-0.3, -0.25) is 9.69 Å². The largest absolute Gasteiger partial charge is 0.468 e. The molecule has 1 aliphatic rings. The number of halogens is 1. The van der Waals surface area contributed by atoms with Crippen molar-refractivity contribution in [1.82, 2.24) is 4.90 Å². The van der Waals surface area contributed by atoms with Crippen LogP contribution in [0.4, 0.5) is 4.39 Å². The van der Waals surface area contributed by atoms with Crippen LogP contribution in [0.15, 0.2) is 24.3 Å². The van der Waals surface area contributed by atoms with E-state index in [0.717, 1.165) is 19.4 Å². The van der Waals surface area contributed by atoms with Crippen molar-refractivity contribution in [2.75, 3.05) is 13.7 Å². The first-order chi connectivity index (χ1) is 8.22. The van der Waals surface area contributed by atoms with Crippen LogP contribution in [0, 0.1) is 5.82 Å². The summed E-state index contributed by atoms with van der Waals surface area (Å²) < 4.78 is 18.3. The Morgan fingerprint density at radius 2 is 2.29 bits per heavy atom. The van der Waals surface area contributed by atoms with E-state index in [-0.39, 0.29) is 17.8 Å². The zero-order valence-electron chi connectivity index (χ0n) is 9.86. The van der Waals surface area contributed by atoms with Gasteiger partial charge in [-0.15, -0.1) is 0 Å². The van der Waals surface area contributed by atoms with E-state index in [1.54, 1.807) is 12.1 Å². The highest BCUT2D eigenvalue weighted by atomic mass is 19.1. The summed E-state index contributed by atoms with van der Waals surface area (Å²) in [4.78, 5) is 13.5. The number of likely N-dealkylation sites (tertiary alicyclic amines) is 1. The molecule has 1 aromatic carbocycles. The van der Waals surface area contributed by atoms with Crippen LogP contribution in [-0.4, -0.2) is 30.6 Å². The topological polar surface area (TPSA) is 29.5 Å². The SMILES string of the molecule is COC(=O)C1CCCN1Cc1ccccc1F. The van der Waals surface area contributed by atoms with Gasteiger partial charge in [-0.1, -0.05) is 18.2 Å². The van der Waals surface area contributed by atoms with Crippen LogP contribution in [0.2, 0.25) is 0 Å². The van der Waals surface area contributed by atoms with Gasteiger partial charge in [0.1, 0.15) is 11.9 Å². The number of rotatable bonds is 3. The number of hydrogen-bond donors (Lipinski definition) is 0. The first-order valence-electron chi connectivity index (χ1n) is 5.77. The monoisotopic (exact) mass is 237 g/mol. The van der Waals surface area contributed by atoms with Crippen molar-refractivity contribution in [3.05, 3.63) is 35.6 Å². The summed E-state index contributed by atoms with van der Waals surface area (Å²) in [5.74, 6) is -0.443. The molecule has 1 atom stereocenters. The maximum atomic E-state index is 13.5. The van der Waals surface area contributed by atoms with E-state index in [2.05, 4.69) is 0 Å². The summed E-state index contributed by atoms with van der Waals surface area (Å²) in [7, 11) is 1.39. The maximum Gasteiger partial charge on any atom is 0.323 e. The van der Waals surface area contributed by atoms with E-state index in [1.807, 2.05) is 11.0 Å². The van der Waals surface area contributed by atoms with Gasteiger partial charge in [0.25, 0.3) is 0 Å². The molecule has 2 rings (SSSR count). The minimum atomic E-state index is -0.223. The first kappa shape index (κ1) is 12.0. The molecule has 0 spiro atoms. The molecule has 0 radical (unpaired) electrons. The molecule has 92 valence electrons. The number of nitrogens with zero attached hydrogens (tertiary/aromatic N) is 1. The standard InChI is InChI=1S/C13H16FNO2/c1-17-13(16)12-7-4-8-15(12)9-10-5-2-3-6-11(10)14/h2-3,5-6,12H,4,7-9H2,1H3. The first-order valence-corrected chi connectivity index (χ1v) is 5.77. The molecule has 1 heterocycles. The normalized spacial score (nSPS) is 20.5. The van der Waals surface area contributed by atoms with Crippen molar-refractivity contribution >= 4 is 5.97 Å². The van der Waals surface area contributed by atoms with E-state index in [1.165, 1.54) is 13.2 Å². The molecular weight excluding hydrogens is 221 g/mol. The van der Waals surface area contributed by atoms with E-state index in [0.29, 0.717) is 12.1 Å². The molecular formula is C13H16FNO2. The smallest absolute Gasteiger partial charge is 0.323 e. The Morgan fingerprint density at radius 1 is 1.53 bits per heavy atom. The van der Waals surface area contributed by atoms with E-state index in [4.69, 9.17) is 4.74 Å². The Labute approximate surface area is 100 Å². The Hall–Kier alpha value is -1.42. The predicted octanol–water partition coefficient (Wildman–Crippen LogP) is 1.96. The van der Waals surface area contributed by atoms with Gasteiger partial charge < -0.3 is 4.74 Å². The van der Waals surface area contributed by atoms with Gasteiger partial charge in [0, 0.05) is 12.1 Å². The highest BCUT2D eigenvalue weighted by Crippen LogP contribution is 2.21. The molecule has 0 amide bonds. The van der Waals surface area contributed by atoms with Crippen molar-refractivity contribution in [3.63, 3.8) is 0 Å². The molecule has 0 aliphatic carbocycles. The van der Waals surface area contributed by atoms with Crippen LogP contribution in [0.25, 0.3) is 0 Å². The van der Waals surface area contributed by atoms with Crippen LogP contribution in [0.1, 0.15) is 18.4 Å². The molecule has 0 bridgehead atoms. The molecule has 0 N–H and O–H groups in total. The molecule has 1 aromatic rings. The van der Waals surface area contributed by atoms with Crippen LogP contribution in [-0.2, 0) is 16.1 Å². The third-order valence-electron chi connectivity index (χ3n) is 3.17. The number of carbonyl (C=O) groups excluding carboxylic acids is 1. The lowest BCUT2D eigenvalue weighted by Crippen LogP contribution is -2.36. The summed E-state index contributed by atoms with van der Waals surface area (Å²) in [6.45, 7) is 1.28. The average molecular weight is 237 g/mol. The zero-order chi connectivity index (χ0) is 12.3. The molecule has 0 saturated carbocycles. The highest BCUT2D eigenvalue weighted by molar-refractivity contribution is 5.75. The summed E-state index contributed by atoms with van der Waals surface area (Å²) in [6, 6.07) is 6.45. The van der Waals surface area contributed by atoms with E-state index >= 15 is 0 Å². The van der Waals surface area contributed by atoms with Gasteiger partial charge >= 0.3 is 5.97 Å². The average Bonchev–Trinajstić information content (AvgIpc) is 2.79. The Kier molecular flexibility index (Phi) is 3.74. The summed E-state index contributed by atoms with van der Waals surface area (Å²) >= 11 is 0. The van der Waals surface area contributed by atoms with E-state index in [9.17, 15) is 9.18 Å². The quantitative estimate of drug-likeness (QED) is 0.753. The lowest BCUT2D eigenvalue weighted by molar-refractivity contribution is -0.146. The molecule has 1 aliphatic heterocycles. The maximum absolute atomic E-state index is 13.5. The number of hydrogen-bond acceptors (Lipinski definition) is 3. The lowest BCUT2D eigenvalue weighted by Gasteiger charge is -2.22. The second-order valence-electron chi connectivity index (χ2n) is 4.24. The highest BCUT2D eigenvalue weighted by Gasteiger charge is 2.31. The number of ether oxygens (including phenoxy) is 1. The predicted molar refractivity (Wildman–Crippen MR) is 61.8 cm³/mol. The second-order valence-corrected chi connectivity index (χ2v) is 4.24. The third kappa shape index (κ3) is 2.64. The van der Waals surface area contributed by atoms with Crippen LogP contribution in [0.3, 0.4) is 0 Å². The van der Waals surface area contributed by atoms with Crippen LogP contribution >= 0.6 is 0 Å². The Bertz CT molecular complexity index is 408. The summed E-state index contributed by atoms with van der Waals surface area (Å²) in [5.41, 5.74) is 0.628. The molecule has 17 heavy (non-hydrogen) atoms. The summed E-state index contributed by atoms with van der Waals surface area (Å²) in [6.07, 6.45) is 1.75. The van der Waals surface area contributed by atoms with Crippen molar-refractivity contribution in [2.24, 2.45) is 0 Å². The van der Waals surface area contributed by atoms with Crippen molar-refractivity contribution in [3.8, 4) is 0 Å². The Morgan fingerprint density at radius 3 is 3.00 bits per heavy atom. The summed E-state index contributed by atoms with van der Waals surface area (Å²) in [5, 5.41) is 0. The van der Waals surface area contributed by atoms with Crippen molar-refractivity contribution < 1.29 is 13.9 Å². The molecule has 4 heteroatoms. The van der Waals surface area contributed by atoms with Crippen molar-refractivity contribution in [2.45, 2.75) is 25.4 Å². The molecule has 3 nitrogen and oxygen atoms in total. The van der Waals surface area contributed by atoms with Crippen molar-refractivity contribution in [1.29, 1.82) is 0 Å². The van der Waals surface area contributed by atoms with Gasteiger partial charge in [-0.25, -0.2) is 4.39 Å². The molecule has 0 aromatic heterocycles. The molecule has 1 fully saturated rings. The fourth-order valence-electron chi connectivity index (χ4n) is 2.26. The minimum Gasteiger partial charge on any atom is -0.468 e. The molecule has 1 unspecified atom stereocenters. The second kappa shape index (κ2) is 5.27. The minimum absolute atomic E-state index is 0.219. The van der Waals surface area contributed by atoms with Gasteiger partial charge in [0.05, 0.1) is 7.11 Å². The van der Waals surface area contributed by atoms with Crippen LogP contribution in [0.5, 0.6) is 0 Å². The lowest BCUT2D eigenvalue weighted by atomic mass is 10.1. The zero-order valence-corrected chi connectivity index (χ0v) is 9.86. The number of methoxy groups -OCH3 is 1. The fourth-order valence-corrected chi connectivity index (χ4v) is 2.26.